The molecule has 1 aromatic carbocycles. The second-order valence-corrected chi connectivity index (χ2v) is 9.85. The zero-order valence-electron chi connectivity index (χ0n) is 22.4. The third-order valence-electron chi connectivity index (χ3n) is 6.64. The fraction of sp³-hybridized carbons (Fsp3) is 0.519. The number of rotatable bonds is 6. The first-order valence-electron chi connectivity index (χ1n) is 13.0. The molecule has 1 aromatic heterocycles. The molecule has 214 valence electrons. The Kier molecular flexibility index (Phi) is 10.9. The van der Waals surface area contributed by atoms with Crippen molar-refractivity contribution < 1.29 is 22.7 Å². The van der Waals surface area contributed by atoms with Crippen LogP contribution in [0.3, 0.4) is 0 Å². The van der Waals surface area contributed by atoms with Crippen LogP contribution in [0.15, 0.2) is 46.5 Å². The SMILES string of the molecule is CC/C(=N\C(=NCc1ccc(F)c(Cl)c1)N(C)C(C)CO)N1CCCN(c2ncccc2C(F)(F)F)CCC1. The van der Waals surface area contributed by atoms with Crippen molar-refractivity contribution >= 4 is 29.2 Å². The van der Waals surface area contributed by atoms with Gasteiger partial charge in [0.05, 0.1) is 29.8 Å². The number of hydrogen-bond donors (Lipinski definition) is 1. The van der Waals surface area contributed by atoms with Crippen LogP contribution in [0.2, 0.25) is 5.02 Å². The van der Waals surface area contributed by atoms with Crippen molar-refractivity contribution in [2.75, 3.05) is 44.7 Å². The first-order valence-corrected chi connectivity index (χ1v) is 13.3. The van der Waals surface area contributed by atoms with E-state index in [1.807, 2.05) is 13.8 Å². The summed E-state index contributed by atoms with van der Waals surface area (Å²) in [5, 5.41) is 9.72. The minimum absolute atomic E-state index is 0.0156. The summed E-state index contributed by atoms with van der Waals surface area (Å²) < 4.78 is 54.2. The normalized spacial score (nSPS) is 16.6. The van der Waals surface area contributed by atoms with Gasteiger partial charge < -0.3 is 19.8 Å². The van der Waals surface area contributed by atoms with Gasteiger partial charge in [0, 0.05) is 45.8 Å². The number of alkyl halides is 3. The van der Waals surface area contributed by atoms with Crippen LogP contribution in [0.1, 0.15) is 44.2 Å². The standard InChI is InChI=1S/C27H35ClF4N6O/c1-4-24(35-26(36(3)19(2)18-39)34-17-20-9-10-23(29)22(28)16-20)37-12-6-14-38(15-7-13-37)25-21(27(30,31)32)8-5-11-33-25/h5,8-11,16,19,39H,4,6-7,12-15,17-18H2,1-3H3/b34-26?,35-24+. The van der Waals surface area contributed by atoms with E-state index >= 15 is 0 Å². The smallest absolute Gasteiger partial charge is 0.394 e. The molecule has 1 N–H and O–H groups in total. The van der Waals surface area contributed by atoms with Crippen LogP contribution in [-0.4, -0.2) is 77.6 Å². The summed E-state index contributed by atoms with van der Waals surface area (Å²) in [7, 11) is 1.80. The zero-order chi connectivity index (χ0) is 28.6. The lowest BCUT2D eigenvalue weighted by Crippen LogP contribution is -2.42. The van der Waals surface area contributed by atoms with Gasteiger partial charge in [0.1, 0.15) is 17.5 Å². The highest BCUT2D eigenvalue weighted by Crippen LogP contribution is 2.35. The summed E-state index contributed by atoms with van der Waals surface area (Å²) in [4.78, 5) is 19.2. The Morgan fingerprint density at radius 3 is 2.46 bits per heavy atom. The summed E-state index contributed by atoms with van der Waals surface area (Å²) >= 11 is 5.92. The number of hydrogen-bond acceptors (Lipinski definition) is 4. The van der Waals surface area contributed by atoms with Crippen LogP contribution in [0, 0.1) is 5.82 Å². The average Bonchev–Trinajstić information content (AvgIpc) is 2.90. The third-order valence-corrected chi connectivity index (χ3v) is 6.93. The first kappa shape index (κ1) is 30.6. The Morgan fingerprint density at radius 2 is 1.87 bits per heavy atom. The lowest BCUT2D eigenvalue weighted by atomic mass is 10.2. The van der Waals surface area contributed by atoms with Crippen LogP contribution < -0.4 is 4.90 Å². The summed E-state index contributed by atoms with van der Waals surface area (Å²) in [5.41, 5.74) is -0.00104. The number of aliphatic hydroxyl groups excluding tert-OH is 1. The number of benzene rings is 1. The first-order chi connectivity index (χ1) is 18.5. The van der Waals surface area contributed by atoms with Crippen molar-refractivity contribution in [3.63, 3.8) is 0 Å². The van der Waals surface area contributed by atoms with E-state index in [2.05, 4.69) is 14.9 Å². The maximum Gasteiger partial charge on any atom is 0.419 e. The van der Waals surface area contributed by atoms with Gasteiger partial charge in [-0.1, -0.05) is 24.6 Å². The zero-order valence-corrected chi connectivity index (χ0v) is 23.2. The molecule has 1 saturated heterocycles. The van der Waals surface area contributed by atoms with Crippen molar-refractivity contribution in [3.05, 3.63) is 58.5 Å². The Morgan fingerprint density at radius 1 is 1.18 bits per heavy atom. The number of aliphatic imine (C=N–C) groups is 2. The van der Waals surface area contributed by atoms with E-state index in [0.29, 0.717) is 51.4 Å². The molecule has 0 bridgehead atoms. The van der Waals surface area contributed by atoms with Crippen LogP contribution >= 0.6 is 11.6 Å². The van der Waals surface area contributed by atoms with Gasteiger partial charge in [0.2, 0.25) is 5.96 Å². The summed E-state index contributed by atoms with van der Waals surface area (Å²) in [6.07, 6.45) is -1.22. The Bertz CT molecular complexity index is 1150. The molecule has 1 unspecified atom stereocenters. The highest BCUT2D eigenvalue weighted by atomic mass is 35.5. The maximum absolute atomic E-state index is 13.6. The molecule has 1 aliphatic rings. The largest absolute Gasteiger partial charge is 0.419 e. The van der Waals surface area contributed by atoms with Gasteiger partial charge in [0.25, 0.3) is 0 Å². The predicted octanol–water partition coefficient (Wildman–Crippen LogP) is 5.47. The molecule has 2 heterocycles. The monoisotopic (exact) mass is 570 g/mol. The minimum atomic E-state index is -4.47. The number of anilines is 1. The maximum atomic E-state index is 13.6. The number of pyridine rings is 1. The number of halogens is 5. The van der Waals surface area contributed by atoms with Gasteiger partial charge >= 0.3 is 6.18 Å². The molecule has 0 amide bonds. The average molecular weight is 571 g/mol. The van der Waals surface area contributed by atoms with Gasteiger partial charge in [0.15, 0.2) is 0 Å². The molecule has 0 spiro atoms. The predicted molar refractivity (Wildman–Crippen MR) is 147 cm³/mol. The third kappa shape index (κ3) is 8.28. The molecule has 1 atom stereocenters. The Hall–Kier alpha value is -2.92. The Labute approximate surface area is 231 Å². The summed E-state index contributed by atoms with van der Waals surface area (Å²) in [6.45, 7) is 6.04. The molecule has 0 saturated carbocycles. The van der Waals surface area contributed by atoms with E-state index < -0.39 is 17.6 Å². The number of nitrogens with zero attached hydrogens (tertiary/aromatic N) is 6. The van der Waals surface area contributed by atoms with Crippen LogP contribution in [0.5, 0.6) is 0 Å². The van der Waals surface area contributed by atoms with Gasteiger partial charge in [-0.25, -0.2) is 19.4 Å². The minimum Gasteiger partial charge on any atom is -0.394 e. The Balaban J connectivity index is 1.79. The lowest BCUT2D eigenvalue weighted by molar-refractivity contribution is -0.137. The van der Waals surface area contributed by atoms with Gasteiger partial charge in [-0.3, -0.25) is 0 Å². The molecule has 2 aromatic rings. The molecule has 3 rings (SSSR count). The second kappa shape index (κ2) is 13.9. The summed E-state index contributed by atoms with van der Waals surface area (Å²) in [5.74, 6) is 0.680. The van der Waals surface area contributed by atoms with E-state index in [0.717, 1.165) is 17.5 Å². The van der Waals surface area contributed by atoms with Crippen molar-refractivity contribution in [3.8, 4) is 0 Å². The topological polar surface area (TPSA) is 67.6 Å². The summed E-state index contributed by atoms with van der Waals surface area (Å²) in [6, 6.07) is 6.55. The molecule has 7 nitrogen and oxygen atoms in total. The van der Waals surface area contributed by atoms with Gasteiger partial charge in [-0.2, -0.15) is 13.2 Å². The van der Waals surface area contributed by atoms with E-state index in [4.69, 9.17) is 16.6 Å². The number of amidine groups is 1. The van der Waals surface area contributed by atoms with E-state index in [1.165, 1.54) is 24.4 Å². The number of likely N-dealkylation sites (N-methyl/N-ethyl adjacent to an activating group) is 1. The molecule has 39 heavy (non-hydrogen) atoms. The lowest BCUT2D eigenvalue weighted by Gasteiger charge is -2.34. The van der Waals surface area contributed by atoms with E-state index in [-0.39, 0.29) is 30.0 Å². The van der Waals surface area contributed by atoms with Crippen molar-refractivity contribution in [1.29, 1.82) is 0 Å². The van der Waals surface area contributed by atoms with Crippen LogP contribution in [0.4, 0.5) is 23.4 Å². The van der Waals surface area contributed by atoms with Gasteiger partial charge in [-0.15, -0.1) is 0 Å². The van der Waals surface area contributed by atoms with Crippen LogP contribution in [-0.2, 0) is 12.7 Å². The highest BCUT2D eigenvalue weighted by molar-refractivity contribution is 6.30. The second-order valence-electron chi connectivity index (χ2n) is 9.44. The number of aromatic nitrogens is 1. The molecule has 12 heteroatoms. The molecular formula is C27H35ClF4N6O. The molecule has 1 fully saturated rings. The molecule has 0 radical (unpaired) electrons. The molecular weight excluding hydrogens is 536 g/mol. The van der Waals surface area contributed by atoms with Crippen LogP contribution in [0.25, 0.3) is 0 Å². The van der Waals surface area contributed by atoms with E-state index in [9.17, 15) is 22.7 Å². The van der Waals surface area contributed by atoms with Crippen molar-refractivity contribution in [2.24, 2.45) is 9.98 Å². The quantitative estimate of drug-likeness (QED) is 0.283. The van der Waals surface area contributed by atoms with E-state index in [1.54, 1.807) is 22.9 Å². The van der Waals surface area contributed by atoms with Crippen molar-refractivity contribution in [2.45, 2.75) is 51.9 Å². The fourth-order valence-electron chi connectivity index (χ4n) is 4.30. The molecule has 1 aliphatic heterocycles. The van der Waals surface area contributed by atoms with Crippen molar-refractivity contribution in [1.82, 2.24) is 14.8 Å². The number of guanidine groups is 1. The van der Waals surface area contributed by atoms with Gasteiger partial charge in [-0.05, 0) is 49.6 Å². The fourth-order valence-corrected chi connectivity index (χ4v) is 4.51. The highest BCUT2D eigenvalue weighted by Gasteiger charge is 2.35. The number of aliphatic hydroxyl groups is 1. The molecule has 0 aliphatic carbocycles.